The van der Waals surface area contributed by atoms with Gasteiger partial charge in [0, 0.05) is 55.5 Å². The summed E-state index contributed by atoms with van der Waals surface area (Å²) in [6, 6.07) is 14.9. The van der Waals surface area contributed by atoms with Crippen LogP contribution in [0.25, 0.3) is 10.9 Å². The van der Waals surface area contributed by atoms with Gasteiger partial charge in [0.1, 0.15) is 11.4 Å². The van der Waals surface area contributed by atoms with Crippen molar-refractivity contribution in [1.29, 1.82) is 0 Å². The van der Waals surface area contributed by atoms with Crippen molar-refractivity contribution in [2.75, 3.05) is 45.9 Å². The molecule has 14 nitrogen and oxygen atoms in total. The Bertz CT molecular complexity index is 2160. The summed E-state index contributed by atoms with van der Waals surface area (Å²) in [7, 11) is 0. The van der Waals surface area contributed by atoms with Crippen molar-refractivity contribution >= 4 is 40.1 Å². The van der Waals surface area contributed by atoms with Crippen LogP contribution >= 0.6 is 11.3 Å². The van der Waals surface area contributed by atoms with Gasteiger partial charge >= 0.3 is 24.3 Å². The molecule has 1 spiro atoms. The van der Waals surface area contributed by atoms with Crippen LogP contribution in [0.1, 0.15) is 83.7 Å². The zero-order valence-corrected chi connectivity index (χ0v) is 34.7. The number of phenols is 1. The van der Waals surface area contributed by atoms with Gasteiger partial charge in [-0.3, -0.25) is 14.5 Å². The number of piperidine rings is 1. The van der Waals surface area contributed by atoms with Crippen LogP contribution in [0.15, 0.2) is 58.7 Å². The number of rotatable bonds is 12. The number of pyridine rings is 1. The summed E-state index contributed by atoms with van der Waals surface area (Å²) in [6.45, 7) is 9.90. The zero-order chi connectivity index (χ0) is 45.8. The smallest absolute Gasteiger partial charge is 0.490 e. The summed E-state index contributed by atoms with van der Waals surface area (Å²) < 4.78 is 69.8. The molecule has 0 radical (unpaired) electrons. The number of aliphatic hydroxyl groups excluding tert-OH is 1. The Morgan fingerprint density at radius 2 is 1.58 bits per heavy atom. The Kier molecular flexibility index (Phi) is 17.4. The van der Waals surface area contributed by atoms with Gasteiger partial charge in [0.05, 0.1) is 35.4 Å². The number of likely N-dealkylation sites (tertiary alicyclic amines) is 1. The number of carbonyl (C=O) groups is 3. The maximum absolute atomic E-state index is 13.4. The number of carboxylic acids is 2. The number of benzene rings is 2. The molecule has 2 fully saturated rings. The van der Waals surface area contributed by atoms with Crippen molar-refractivity contribution in [2.24, 2.45) is 0 Å². The number of aliphatic carboxylic acids is 2. The second-order valence-corrected chi connectivity index (χ2v) is 15.7. The standard InChI is InChI=1S/C37H47N5O5S.2C2HF3O2/c1-3-27(4-2)35-39-30(23-48-35)36(46)42-18-19-47-37(24-42)13-16-41(17-14-37)22-26-7-5-6-25(20-26)12-15-38-21-32(44)28-8-10-31(43)34-29(28)9-11-33(45)40-34;2*3-2(4,5)1(6)7/h5-11,20,23,27,32,38,43-44H,3-4,12-19,21-22,24H2,1-2H3,(H,40,45);2*(H,6,7)/t32-;;/m0../s1. The predicted molar refractivity (Wildman–Crippen MR) is 216 cm³/mol. The molecule has 0 saturated carbocycles. The minimum atomic E-state index is -5.08. The van der Waals surface area contributed by atoms with Gasteiger partial charge < -0.3 is 40.4 Å². The number of alkyl halides is 6. The van der Waals surface area contributed by atoms with Crippen LogP contribution in [-0.2, 0) is 27.3 Å². The Morgan fingerprint density at radius 1 is 0.952 bits per heavy atom. The summed E-state index contributed by atoms with van der Waals surface area (Å²) in [6.07, 6.45) is -6.27. The molecule has 6 rings (SSSR count). The van der Waals surface area contributed by atoms with E-state index in [0.717, 1.165) is 56.7 Å². The van der Waals surface area contributed by atoms with Crippen LogP contribution < -0.4 is 10.9 Å². The fraction of sp³-hybridized carbons (Fsp3) is 0.488. The quantitative estimate of drug-likeness (QED) is 0.0692. The number of amides is 1. The van der Waals surface area contributed by atoms with Gasteiger partial charge in [-0.2, -0.15) is 26.3 Å². The largest absolute Gasteiger partial charge is 0.506 e. The predicted octanol–water partition coefficient (Wildman–Crippen LogP) is 6.23. The number of aromatic nitrogens is 2. The van der Waals surface area contributed by atoms with Gasteiger partial charge in [0.25, 0.3) is 5.91 Å². The van der Waals surface area contributed by atoms with Gasteiger partial charge in [0.2, 0.25) is 5.56 Å². The number of nitrogens with one attached hydrogen (secondary N) is 2. The van der Waals surface area contributed by atoms with E-state index >= 15 is 0 Å². The molecule has 2 aliphatic rings. The molecule has 6 N–H and O–H groups in total. The van der Waals surface area contributed by atoms with E-state index in [1.54, 1.807) is 23.5 Å². The number of nitrogens with zero attached hydrogens (tertiary/aromatic N) is 3. The number of hydrogen-bond acceptors (Lipinski definition) is 11. The van der Waals surface area contributed by atoms with Crippen LogP contribution in [0.2, 0.25) is 0 Å². The molecule has 1 atom stereocenters. The highest BCUT2D eigenvalue weighted by Gasteiger charge is 2.42. The minimum absolute atomic E-state index is 0.0191. The first kappa shape index (κ1) is 49.6. The zero-order valence-electron chi connectivity index (χ0n) is 33.9. The summed E-state index contributed by atoms with van der Waals surface area (Å²) >= 11 is 1.61. The fourth-order valence-electron chi connectivity index (χ4n) is 7.09. The number of fused-ring (bicyclic) bond motifs is 1. The lowest BCUT2D eigenvalue weighted by Crippen LogP contribution is -2.58. The second-order valence-electron chi connectivity index (χ2n) is 14.8. The van der Waals surface area contributed by atoms with Gasteiger partial charge in [-0.1, -0.05) is 44.2 Å². The van der Waals surface area contributed by atoms with Crippen molar-refractivity contribution in [2.45, 2.75) is 82.5 Å². The molecule has 0 unspecified atom stereocenters. The average molecular weight is 902 g/mol. The first-order valence-corrected chi connectivity index (χ1v) is 20.6. The normalized spacial score (nSPS) is 16.0. The summed E-state index contributed by atoms with van der Waals surface area (Å²) in [5.74, 6) is -5.09. The van der Waals surface area contributed by atoms with Gasteiger partial charge in [-0.25, -0.2) is 14.6 Å². The number of carbonyl (C=O) groups excluding carboxylic acids is 1. The molecule has 4 heterocycles. The van der Waals surface area contributed by atoms with E-state index in [9.17, 15) is 46.1 Å². The maximum Gasteiger partial charge on any atom is 0.490 e. The van der Waals surface area contributed by atoms with E-state index in [0.29, 0.717) is 60.9 Å². The minimum Gasteiger partial charge on any atom is -0.506 e. The third-order valence-electron chi connectivity index (χ3n) is 10.5. The van der Waals surface area contributed by atoms with Crippen LogP contribution in [0.5, 0.6) is 5.75 Å². The van der Waals surface area contributed by atoms with Crippen LogP contribution in [0.4, 0.5) is 26.3 Å². The van der Waals surface area contributed by atoms with E-state index in [2.05, 4.69) is 53.3 Å². The second kappa shape index (κ2) is 21.8. The molecule has 2 aromatic heterocycles. The highest BCUT2D eigenvalue weighted by molar-refractivity contribution is 7.09. The molecule has 1 amide bonds. The number of phenolic OH excluding ortho intramolecular Hbond substituents is 1. The summed E-state index contributed by atoms with van der Waals surface area (Å²) in [4.78, 5) is 54.7. The van der Waals surface area contributed by atoms with Gasteiger partial charge in [-0.15, -0.1) is 11.3 Å². The summed E-state index contributed by atoms with van der Waals surface area (Å²) in [5.41, 5.74) is 3.47. The molecule has 21 heteroatoms. The number of thiazole rings is 1. The fourth-order valence-corrected chi connectivity index (χ4v) is 8.15. The van der Waals surface area contributed by atoms with E-state index in [1.165, 1.54) is 23.3 Å². The Labute approximate surface area is 356 Å². The number of ether oxygens (including phenoxy) is 1. The maximum atomic E-state index is 13.4. The van der Waals surface area contributed by atoms with E-state index < -0.39 is 30.4 Å². The topological polar surface area (TPSA) is 206 Å². The van der Waals surface area contributed by atoms with E-state index in [4.69, 9.17) is 29.5 Å². The molecule has 2 aromatic carbocycles. The lowest BCUT2D eigenvalue weighted by Gasteiger charge is -2.47. The number of aromatic hydroxyl groups is 1. The first-order valence-electron chi connectivity index (χ1n) is 19.7. The number of H-pyrrole nitrogens is 1. The number of halogens is 6. The van der Waals surface area contributed by atoms with Crippen LogP contribution in [0.3, 0.4) is 0 Å². The van der Waals surface area contributed by atoms with Crippen LogP contribution in [0, 0.1) is 0 Å². The van der Waals surface area contributed by atoms with Crippen molar-refractivity contribution in [3.63, 3.8) is 0 Å². The molecule has 340 valence electrons. The molecule has 62 heavy (non-hydrogen) atoms. The number of aromatic amines is 1. The molecule has 0 bridgehead atoms. The highest BCUT2D eigenvalue weighted by atomic mass is 32.1. The Hall–Kier alpha value is -5.09. The third-order valence-corrected chi connectivity index (χ3v) is 11.5. The van der Waals surface area contributed by atoms with Crippen molar-refractivity contribution < 1.29 is 65.9 Å². The molecular weight excluding hydrogens is 853 g/mol. The monoisotopic (exact) mass is 901 g/mol. The number of carboxylic acid groups (broad SMARTS) is 2. The SMILES string of the molecule is CCC(CC)c1nc(C(=O)N2CCOC3(CCN(Cc4cccc(CCNC[C@H](O)c5ccc(O)c6[nH]c(=O)ccc56)c4)CC3)C2)cs1.O=C(O)C(F)(F)F.O=C(O)C(F)(F)F. The van der Waals surface area contributed by atoms with Crippen LogP contribution in [-0.4, -0.2) is 122 Å². The Balaban J connectivity index is 0.000000521. The number of aliphatic hydroxyl groups is 1. The van der Waals surface area contributed by atoms with Crippen molar-refractivity contribution in [3.8, 4) is 5.75 Å². The molecule has 0 aliphatic carbocycles. The lowest BCUT2D eigenvalue weighted by molar-refractivity contribution is -0.193. The lowest BCUT2D eigenvalue weighted by atomic mass is 9.89. The number of hydrogen-bond donors (Lipinski definition) is 6. The molecule has 2 aliphatic heterocycles. The molecule has 4 aromatic rings. The molecular formula is C41H49F6N5O9S. The van der Waals surface area contributed by atoms with Gasteiger partial charge in [-0.05, 0) is 67.5 Å². The average Bonchev–Trinajstić information content (AvgIpc) is 3.71. The van der Waals surface area contributed by atoms with Crippen molar-refractivity contribution in [1.82, 2.24) is 25.1 Å². The number of morpholine rings is 1. The summed E-state index contributed by atoms with van der Waals surface area (Å²) in [5, 5.41) is 42.2. The van der Waals surface area contributed by atoms with E-state index in [1.807, 2.05) is 10.3 Å². The Morgan fingerprint density at radius 3 is 2.19 bits per heavy atom. The van der Waals surface area contributed by atoms with E-state index in [-0.39, 0.29) is 22.8 Å². The van der Waals surface area contributed by atoms with Gasteiger partial charge in [0.15, 0.2) is 0 Å². The highest BCUT2D eigenvalue weighted by Crippen LogP contribution is 2.33. The van der Waals surface area contributed by atoms with Crippen molar-refractivity contribution in [3.05, 3.63) is 91.7 Å². The third kappa shape index (κ3) is 14.0. The molecule has 2 saturated heterocycles. The first-order chi connectivity index (χ1) is 29.2.